The van der Waals surface area contributed by atoms with E-state index in [-0.39, 0.29) is 11.9 Å². The Kier molecular flexibility index (Phi) is 4.97. The van der Waals surface area contributed by atoms with Crippen LogP contribution in [0.25, 0.3) is 0 Å². The summed E-state index contributed by atoms with van der Waals surface area (Å²) in [5, 5.41) is 0. The minimum absolute atomic E-state index is 0.00539. The van der Waals surface area contributed by atoms with Crippen molar-refractivity contribution in [2.45, 2.75) is 13.0 Å². The van der Waals surface area contributed by atoms with Gasteiger partial charge in [-0.3, -0.25) is 4.79 Å². The first-order chi connectivity index (χ1) is 8.51. The van der Waals surface area contributed by atoms with E-state index in [0.717, 1.165) is 0 Å². The number of anilines is 1. The molecule has 0 aliphatic heterocycles. The highest BCUT2D eigenvalue weighted by molar-refractivity contribution is 5.95. The van der Waals surface area contributed by atoms with Crippen molar-refractivity contribution in [3.05, 3.63) is 23.8 Å². The van der Waals surface area contributed by atoms with Crippen LogP contribution in [-0.4, -0.2) is 44.7 Å². The minimum Gasteiger partial charge on any atom is -0.495 e. The van der Waals surface area contributed by atoms with Gasteiger partial charge in [-0.05, 0) is 25.1 Å². The van der Waals surface area contributed by atoms with Crippen LogP contribution in [0.2, 0.25) is 0 Å². The predicted octanol–water partition coefficient (Wildman–Crippen LogP) is 1.38. The van der Waals surface area contributed by atoms with Gasteiger partial charge in [0, 0.05) is 19.7 Å². The fourth-order valence-corrected chi connectivity index (χ4v) is 1.62. The van der Waals surface area contributed by atoms with E-state index in [1.807, 2.05) is 6.92 Å². The lowest BCUT2D eigenvalue weighted by atomic mass is 10.1. The second kappa shape index (κ2) is 6.26. The molecule has 5 nitrogen and oxygen atoms in total. The van der Waals surface area contributed by atoms with Crippen LogP contribution >= 0.6 is 0 Å². The van der Waals surface area contributed by atoms with Crippen molar-refractivity contribution in [1.82, 2.24) is 4.90 Å². The Morgan fingerprint density at radius 3 is 2.61 bits per heavy atom. The predicted molar refractivity (Wildman–Crippen MR) is 70.8 cm³/mol. The molecular formula is C13H20N2O3. The second-order valence-corrected chi connectivity index (χ2v) is 4.18. The fraction of sp³-hybridized carbons (Fsp3) is 0.462. The number of rotatable bonds is 5. The molecule has 1 unspecified atom stereocenters. The molecule has 1 aromatic rings. The van der Waals surface area contributed by atoms with Crippen molar-refractivity contribution in [2.75, 3.05) is 33.6 Å². The summed E-state index contributed by atoms with van der Waals surface area (Å²) in [6, 6.07) is 5.02. The Morgan fingerprint density at radius 2 is 2.11 bits per heavy atom. The monoisotopic (exact) mass is 252 g/mol. The molecule has 0 fully saturated rings. The molecular weight excluding hydrogens is 232 g/mol. The Morgan fingerprint density at radius 1 is 1.44 bits per heavy atom. The lowest BCUT2D eigenvalue weighted by Gasteiger charge is -2.24. The number of ether oxygens (including phenoxy) is 2. The van der Waals surface area contributed by atoms with Crippen LogP contribution in [-0.2, 0) is 4.74 Å². The van der Waals surface area contributed by atoms with Gasteiger partial charge in [0.15, 0.2) is 0 Å². The molecule has 0 saturated carbocycles. The third-order valence-electron chi connectivity index (χ3n) is 2.87. The van der Waals surface area contributed by atoms with Gasteiger partial charge in [-0.15, -0.1) is 0 Å². The molecule has 1 rings (SSSR count). The molecule has 0 spiro atoms. The van der Waals surface area contributed by atoms with Gasteiger partial charge in [0.25, 0.3) is 5.91 Å². The van der Waals surface area contributed by atoms with E-state index in [1.165, 1.54) is 0 Å². The largest absolute Gasteiger partial charge is 0.495 e. The highest BCUT2D eigenvalue weighted by atomic mass is 16.5. The van der Waals surface area contributed by atoms with Gasteiger partial charge >= 0.3 is 0 Å². The highest BCUT2D eigenvalue weighted by Crippen LogP contribution is 2.22. The Labute approximate surface area is 107 Å². The van der Waals surface area contributed by atoms with Crippen LogP contribution in [0.3, 0.4) is 0 Å². The number of amides is 1. The number of benzene rings is 1. The average molecular weight is 252 g/mol. The summed E-state index contributed by atoms with van der Waals surface area (Å²) in [6.45, 7) is 2.42. The first-order valence-electron chi connectivity index (χ1n) is 5.70. The summed E-state index contributed by atoms with van der Waals surface area (Å²) in [5.74, 6) is 0.480. The zero-order valence-electron chi connectivity index (χ0n) is 11.3. The molecule has 1 amide bonds. The Hall–Kier alpha value is -1.75. The van der Waals surface area contributed by atoms with E-state index in [2.05, 4.69) is 0 Å². The number of methoxy groups -OCH3 is 2. The SMILES string of the molecule is COCC(C)N(C)C(=O)c1ccc(OC)c(N)c1. The molecule has 5 heteroatoms. The van der Waals surface area contributed by atoms with Gasteiger partial charge in [-0.25, -0.2) is 0 Å². The molecule has 0 aromatic heterocycles. The maximum absolute atomic E-state index is 12.2. The van der Waals surface area contributed by atoms with Crippen LogP contribution in [0.5, 0.6) is 5.75 Å². The van der Waals surface area contributed by atoms with Crippen LogP contribution in [0.15, 0.2) is 18.2 Å². The van der Waals surface area contributed by atoms with E-state index in [1.54, 1.807) is 44.4 Å². The van der Waals surface area contributed by atoms with Crippen molar-refractivity contribution in [3.63, 3.8) is 0 Å². The summed E-state index contributed by atoms with van der Waals surface area (Å²) in [4.78, 5) is 13.8. The first-order valence-corrected chi connectivity index (χ1v) is 5.70. The maximum Gasteiger partial charge on any atom is 0.253 e. The summed E-state index contributed by atoms with van der Waals surface area (Å²) in [6.07, 6.45) is 0. The molecule has 0 bridgehead atoms. The standard InChI is InChI=1S/C13H20N2O3/c1-9(8-17-3)15(2)13(16)10-5-6-12(18-4)11(14)7-10/h5-7,9H,8,14H2,1-4H3. The molecule has 2 N–H and O–H groups in total. The van der Waals surface area contributed by atoms with Crippen LogP contribution in [0.4, 0.5) is 5.69 Å². The van der Waals surface area contributed by atoms with Crippen LogP contribution in [0, 0.1) is 0 Å². The number of nitrogens with zero attached hydrogens (tertiary/aromatic N) is 1. The average Bonchev–Trinajstić information content (AvgIpc) is 2.37. The maximum atomic E-state index is 12.2. The zero-order valence-corrected chi connectivity index (χ0v) is 11.3. The number of hydrogen-bond donors (Lipinski definition) is 1. The molecule has 0 saturated heterocycles. The van der Waals surface area contributed by atoms with Gasteiger partial charge in [0.2, 0.25) is 0 Å². The van der Waals surface area contributed by atoms with E-state index in [0.29, 0.717) is 23.6 Å². The number of carbonyl (C=O) groups excluding carboxylic acids is 1. The van der Waals surface area contributed by atoms with Gasteiger partial charge in [0.05, 0.1) is 25.4 Å². The molecule has 0 heterocycles. The van der Waals surface area contributed by atoms with Crippen molar-refractivity contribution in [1.29, 1.82) is 0 Å². The molecule has 0 radical (unpaired) electrons. The summed E-state index contributed by atoms with van der Waals surface area (Å²) in [5.41, 5.74) is 6.78. The fourth-order valence-electron chi connectivity index (χ4n) is 1.62. The molecule has 1 atom stereocenters. The third kappa shape index (κ3) is 3.13. The lowest BCUT2D eigenvalue weighted by molar-refractivity contribution is 0.0633. The molecule has 0 aliphatic carbocycles. The topological polar surface area (TPSA) is 64.8 Å². The molecule has 18 heavy (non-hydrogen) atoms. The first kappa shape index (κ1) is 14.3. The van der Waals surface area contributed by atoms with Gasteiger partial charge < -0.3 is 20.1 Å². The van der Waals surface area contributed by atoms with Crippen molar-refractivity contribution >= 4 is 11.6 Å². The molecule has 100 valence electrons. The van der Waals surface area contributed by atoms with Gasteiger partial charge in [-0.2, -0.15) is 0 Å². The van der Waals surface area contributed by atoms with E-state index in [4.69, 9.17) is 15.2 Å². The lowest BCUT2D eigenvalue weighted by Crippen LogP contribution is -2.37. The van der Waals surface area contributed by atoms with Crippen LogP contribution in [0.1, 0.15) is 17.3 Å². The number of nitrogen functional groups attached to an aromatic ring is 1. The smallest absolute Gasteiger partial charge is 0.253 e. The van der Waals surface area contributed by atoms with Crippen molar-refractivity contribution in [3.8, 4) is 5.75 Å². The highest BCUT2D eigenvalue weighted by Gasteiger charge is 2.18. The normalized spacial score (nSPS) is 12.0. The number of hydrogen-bond acceptors (Lipinski definition) is 4. The minimum atomic E-state index is -0.0890. The number of carbonyl (C=O) groups is 1. The quantitative estimate of drug-likeness (QED) is 0.804. The summed E-state index contributed by atoms with van der Waals surface area (Å²) in [7, 11) is 4.90. The van der Waals surface area contributed by atoms with E-state index < -0.39 is 0 Å². The van der Waals surface area contributed by atoms with Gasteiger partial charge in [0.1, 0.15) is 5.75 Å². The van der Waals surface area contributed by atoms with Crippen molar-refractivity contribution < 1.29 is 14.3 Å². The van der Waals surface area contributed by atoms with E-state index in [9.17, 15) is 4.79 Å². The summed E-state index contributed by atoms with van der Waals surface area (Å²) < 4.78 is 10.1. The molecule has 1 aromatic carbocycles. The number of nitrogens with two attached hydrogens (primary N) is 1. The van der Waals surface area contributed by atoms with E-state index >= 15 is 0 Å². The van der Waals surface area contributed by atoms with Gasteiger partial charge in [-0.1, -0.05) is 0 Å². The second-order valence-electron chi connectivity index (χ2n) is 4.18. The third-order valence-corrected chi connectivity index (χ3v) is 2.87. The Balaban J connectivity index is 2.87. The number of likely N-dealkylation sites (N-methyl/N-ethyl adjacent to an activating group) is 1. The Bertz CT molecular complexity index is 421. The molecule has 0 aliphatic rings. The zero-order chi connectivity index (χ0) is 13.7. The summed E-state index contributed by atoms with van der Waals surface area (Å²) >= 11 is 0. The van der Waals surface area contributed by atoms with Crippen LogP contribution < -0.4 is 10.5 Å². The van der Waals surface area contributed by atoms with Crippen molar-refractivity contribution in [2.24, 2.45) is 0 Å².